The van der Waals surface area contributed by atoms with Gasteiger partial charge in [-0.15, -0.1) is 11.3 Å². The molecule has 1 heterocycles. The van der Waals surface area contributed by atoms with Crippen molar-refractivity contribution >= 4 is 40.1 Å². The van der Waals surface area contributed by atoms with Crippen LogP contribution in [0.1, 0.15) is 27.7 Å². The van der Waals surface area contributed by atoms with Crippen molar-refractivity contribution in [2.24, 2.45) is 5.73 Å². The molecule has 20 heavy (non-hydrogen) atoms. The molecule has 3 nitrogen and oxygen atoms in total. The van der Waals surface area contributed by atoms with E-state index in [1.165, 1.54) is 11.3 Å². The Hall–Kier alpha value is -1.72. The normalized spacial score (nSPS) is 10.3. The predicted molar refractivity (Wildman–Crippen MR) is 88.8 cm³/mol. The lowest BCUT2D eigenvalue weighted by Crippen LogP contribution is -2.26. The first kappa shape index (κ1) is 14.7. The molecule has 0 unspecified atom stereocenters. The monoisotopic (exact) mass is 304 g/mol. The molecule has 0 saturated carbocycles. The van der Waals surface area contributed by atoms with Crippen molar-refractivity contribution in [3.8, 4) is 0 Å². The van der Waals surface area contributed by atoms with Gasteiger partial charge in [-0.3, -0.25) is 4.79 Å². The lowest BCUT2D eigenvalue weighted by atomic mass is 10.1. The Kier molecular flexibility index (Phi) is 4.52. The summed E-state index contributed by atoms with van der Waals surface area (Å²) < 4.78 is 0. The number of benzene rings is 1. The van der Waals surface area contributed by atoms with Crippen LogP contribution in [-0.2, 0) is 6.42 Å². The highest BCUT2D eigenvalue weighted by Gasteiger charge is 2.18. The third-order valence-corrected chi connectivity index (χ3v) is 4.32. The molecule has 0 atom stereocenters. The van der Waals surface area contributed by atoms with Gasteiger partial charge < -0.3 is 10.6 Å². The molecule has 1 aromatic heterocycles. The molecule has 0 aliphatic rings. The summed E-state index contributed by atoms with van der Waals surface area (Å²) in [7, 11) is 1.76. The standard InChI is InChI=1S/C15H16N2OS2/c1-3-10-7-8-20-13(10)15(18)17(2)12-6-4-5-11(9-12)14(16)19/h4-9H,3H2,1-2H3,(H2,16,19). The van der Waals surface area contributed by atoms with Gasteiger partial charge in [0.2, 0.25) is 0 Å². The SMILES string of the molecule is CCc1ccsc1C(=O)N(C)c1cccc(C(N)=S)c1. The molecule has 0 spiro atoms. The van der Waals surface area contributed by atoms with E-state index in [1.54, 1.807) is 11.9 Å². The van der Waals surface area contributed by atoms with Crippen LogP contribution in [-0.4, -0.2) is 17.9 Å². The number of rotatable bonds is 4. The van der Waals surface area contributed by atoms with Gasteiger partial charge in [0, 0.05) is 18.3 Å². The van der Waals surface area contributed by atoms with Crippen molar-refractivity contribution in [3.05, 3.63) is 51.7 Å². The summed E-state index contributed by atoms with van der Waals surface area (Å²) in [5, 5.41) is 1.95. The lowest BCUT2D eigenvalue weighted by Gasteiger charge is -2.18. The molecule has 1 aromatic carbocycles. The first-order valence-electron chi connectivity index (χ1n) is 6.29. The number of hydrogen-bond acceptors (Lipinski definition) is 3. The predicted octanol–water partition coefficient (Wildman–Crippen LogP) is 3.22. The van der Waals surface area contributed by atoms with Crippen molar-refractivity contribution in [2.45, 2.75) is 13.3 Å². The van der Waals surface area contributed by atoms with E-state index in [9.17, 15) is 4.79 Å². The summed E-state index contributed by atoms with van der Waals surface area (Å²) in [6.07, 6.45) is 0.853. The van der Waals surface area contributed by atoms with Gasteiger partial charge in [0.25, 0.3) is 5.91 Å². The Morgan fingerprint density at radius 1 is 1.40 bits per heavy atom. The minimum atomic E-state index is -0.00283. The minimum absolute atomic E-state index is 0.00283. The Labute approximate surface area is 128 Å². The number of thiocarbonyl (C=S) groups is 1. The maximum Gasteiger partial charge on any atom is 0.268 e. The molecule has 2 aromatic rings. The van der Waals surface area contributed by atoms with E-state index in [-0.39, 0.29) is 5.91 Å². The summed E-state index contributed by atoms with van der Waals surface area (Å²) in [5.74, 6) is -0.00283. The number of carbonyl (C=O) groups is 1. The highest BCUT2D eigenvalue weighted by Crippen LogP contribution is 2.23. The Bertz CT molecular complexity index is 649. The number of nitrogens with zero attached hydrogens (tertiary/aromatic N) is 1. The van der Waals surface area contributed by atoms with Crippen LogP contribution in [0, 0.1) is 0 Å². The Morgan fingerprint density at radius 3 is 2.80 bits per heavy atom. The number of nitrogens with two attached hydrogens (primary N) is 1. The van der Waals surface area contributed by atoms with Crippen LogP contribution in [0.4, 0.5) is 5.69 Å². The van der Waals surface area contributed by atoms with E-state index >= 15 is 0 Å². The van der Waals surface area contributed by atoms with Crippen molar-refractivity contribution < 1.29 is 4.79 Å². The van der Waals surface area contributed by atoms with Gasteiger partial charge in [0.05, 0.1) is 4.88 Å². The van der Waals surface area contributed by atoms with Crippen molar-refractivity contribution in [2.75, 3.05) is 11.9 Å². The maximum absolute atomic E-state index is 12.5. The highest BCUT2D eigenvalue weighted by molar-refractivity contribution is 7.80. The summed E-state index contributed by atoms with van der Waals surface area (Å²) in [4.78, 5) is 15.3. The second-order valence-electron chi connectivity index (χ2n) is 4.41. The zero-order chi connectivity index (χ0) is 14.7. The van der Waals surface area contributed by atoms with Gasteiger partial charge in [-0.05, 0) is 35.6 Å². The zero-order valence-electron chi connectivity index (χ0n) is 11.4. The Balaban J connectivity index is 2.31. The van der Waals surface area contributed by atoms with Crippen molar-refractivity contribution in [3.63, 3.8) is 0 Å². The van der Waals surface area contributed by atoms with Gasteiger partial charge in [0.15, 0.2) is 0 Å². The first-order valence-corrected chi connectivity index (χ1v) is 7.57. The van der Waals surface area contributed by atoms with Crippen LogP contribution in [0.5, 0.6) is 0 Å². The van der Waals surface area contributed by atoms with Gasteiger partial charge in [0.1, 0.15) is 4.99 Å². The molecule has 0 bridgehead atoms. The largest absolute Gasteiger partial charge is 0.389 e. The minimum Gasteiger partial charge on any atom is -0.389 e. The number of thiophene rings is 1. The molecule has 0 aliphatic carbocycles. The van der Waals surface area contributed by atoms with Crippen LogP contribution < -0.4 is 10.6 Å². The third-order valence-electron chi connectivity index (χ3n) is 3.14. The van der Waals surface area contributed by atoms with Crippen LogP contribution in [0.2, 0.25) is 0 Å². The third kappa shape index (κ3) is 2.89. The summed E-state index contributed by atoms with van der Waals surface area (Å²) in [6.45, 7) is 2.05. The number of amides is 1. The Morgan fingerprint density at radius 2 is 2.15 bits per heavy atom. The van der Waals surface area contributed by atoms with Gasteiger partial charge in [-0.1, -0.05) is 31.3 Å². The molecular formula is C15H16N2OS2. The number of anilines is 1. The molecule has 0 fully saturated rings. The van der Waals surface area contributed by atoms with Crippen LogP contribution in [0.3, 0.4) is 0 Å². The van der Waals surface area contributed by atoms with E-state index < -0.39 is 0 Å². The molecule has 5 heteroatoms. The average molecular weight is 304 g/mol. The fraction of sp³-hybridized carbons (Fsp3) is 0.200. The molecule has 1 amide bonds. The summed E-state index contributed by atoms with van der Waals surface area (Å²) in [6, 6.07) is 9.39. The fourth-order valence-corrected chi connectivity index (χ4v) is 3.04. The second kappa shape index (κ2) is 6.15. The van der Waals surface area contributed by atoms with Crippen molar-refractivity contribution in [1.29, 1.82) is 0 Å². The molecule has 0 radical (unpaired) electrons. The quantitative estimate of drug-likeness (QED) is 0.882. The summed E-state index contributed by atoms with van der Waals surface area (Å²) >= 11 is 6.44. The topological polar surface area (TPSA) is 46.3 Å². The summed E-state index contributed by atoms with van der Waals surface area (Å²) in [5.41, 5.74) is 8.26. The second-order valence-corrected chi connectivity index (χ2v) is 5.76. The lowest BCUT2D eigenvalue weighted by molar-refractivity contribution is 0.0996. The van der Waals surface area contributed by atoms with Crippen LogP contribution in [0.15, 0.2) is 35.7 Å². The molecule has 2 rings (SSSR count). The van der Waals surface area contributed by atoms with Crippen molar-refractivity contribution in [1.82, 2.24) is 0 Å². The first-order chi connectivity index (χ1) is 9.54. The molecule has 2 N–H and O–H groups in total. The number of carbonyl (C=O) groups excluding carboxylic acids is 1. The number of aryl methyl sites for hydroxylation is 1. The van der Waals surface area contributed by atoms with E-state index in [4.69, 9.17) is 18.0 Å². The van der Waals surface area contributed by atoms with E-state index in [0.717, 1.165) is 28.1 Å². The van der Waals surface area contributed by atoms with E-state index in [2.05, 4.69) is 0 Å². The van der Waals surface area contributed by atoms with Gasteiger partial charge >= 0.3 is 0 Å². The molecular weight excluding hydrogens is 288 g/mol. The maximum atomic E-state index is 12.5. The van der Waals surface area contributed by atoms with Crippen LogP contribution in [0.25, 0.3) is 0 Å². The smallest absolute Gasteiger partial charge is 0.268 e. The number of hydrogen-bond donors (Lipinski definition) is 1. The highest BCUT2D eigenvalue weighted by atomic mass is 32.1. The zero-order valence-corrected chi connectivity index (χ0v) is 13.1. The van der Waals surface area contributed by atoms with Crippen LogP contribution >= 0.6 is 23.6 Å². The molecule has 104 valence electrons. The van der Waals surface area contributed by atoms with Gasteiger partial charge in [-0.2, -0.15) is 0 Å². The molecule has 0 saturated heterocycles. The average Bonchev–Trinajstić information content (AvgIpc) is 2.94. The van der Waals surface area contributed by atoms with Gasteiger partial charge in [-0.25, -0.2) is 0 Å². The van der Waals surface area contributed by atoms with E-state index in [0.29, 0.717) is 4.99 Å². The molecule has 0 aliphatic heterocycles. The van der Waals surface area contributed by atoms with E-state index in [1.807, 2.05) is 42.6 Å². The fourth-order valence-electron chi connectivity index (χ4n) is 1.94.